The van der Waals surface area contributed by atoms with Crippen molar-refractivity contribution in [3.05, 3.63) is 29.3 Å². The van der Waals surface area contributed by atoms with E-state index in [4.69, 9.17) is 0 Å². The summed E-state index contributed by atoms with van der Waals surface area (Å²) >= 11 is 0. The van der Waals surface area contributed by atoms with Crippen LogP contribution in [0.4, 0.5) is 13.2 Å². The number of hydrogen-bond donors (Lipinski definition) is 1. The number of amides is 1. The third kappa shape index (κ3) is 2.65. The molecule has 0 saturated carbocycles. The van der Waals surface area contributed by atoms with Crippen molar-refractivity contribution in [3.63, 3.8) is 0 Å². The number of benzene rings is 1. The van der Waals surface area contributed by atoms with Crippen LogP contribution >= 0.6 is 0 Å². The predicted octanol–water partition coefficient (Wildman–Crippen LogP) is 1.20. The molecule has 0 fully saturated rings. The molecule has 0 bridgehead atoms. The Morgan fingerprint density at radius 3 is 2.58 bits per heavy atom. The first-order chi connectivity index (χ1) is 8.71. The van der Waals surface area contributed by atoms with Gasteiger partial charge in [0.25, 0.3) is 5.91 Å². The van der Waals surface area contributed by atoms with Gasteiger partial charge in [0.2, 0.25) is 0 Å². The monoisotopic (exact) mass is 295 g/mol. The van der Waals surface area contributed by atoms with Gasteiger partial charge in [-0.05, 0) is 24.1 Å². The van der Waals surface area contributed by atoms with Crippen molar-refractivity contribution >= 4 is 16.0 Å². The zero-order valence-corrected chi connectivity index (χ0v) is 10.1. The van der Waals surface area contributed by atoms with Crippen LogP contribution in [0.5, 0.6) is 5.75 Å². The molecular formula is C10H8F3NO4S. The summed E-state index contributed by atoms with van der Waals surface area (Å²) in [5.74, 6) is -1.02. The van der Waals surface area contributed by atoms with Crippen molar-refractivity contribution < 1.29 is 30.6 Å². The van der Waals surface area contributed by atoms with Crippen LogP contribution in [0.1, 0.15) is 15.9 Å². The van der Waals surface area contributed by atoms with Gasteiger partial charge < -0.3 is 9.50 Å². The maximum atomic E-state index is 12.1. The molecule has 1 aliphatic heterocycles. The number of nitrogens with one attached hydrogen (secondary N) is 1. The molecule has 0 spiro atoms. The van der Waals surface area contributed by atoms with Gasteiger partial charge >= 0.3 is 15.6 Å². The van der Waals surface area contributed by atoms with Crippen molar-refractivity contribution in [2.45, 2.75) is 11.9 Å². The normalized spacial score (nSPS) is 15.6. The van der Waals surface area contributed by atoms with E-state index in [9.17, 15) is 26.4 Å². The van der Waals surface area contributed by atoms with Crippen LogP contribution in [0.15, 0.2) is 18.2 Å². The van der Waals surface area contributed by atoms with Gasteiger partial charge in [0.05, 0.1) is 0 Å². The summed E-state index contributed by atoms with van der Waals surface area (Å²) in [5, 5.41) is 2.49. The summed E-state index contributed by atoms with van der Waals surface area (Å²) in [6.45, 7) is 0.423. The highest BCUT2D eigenvalue weighted by Crippen LogP contribution is 2.28. The van der Waals surface area contributed by atoms with E-state index >= 15 is 0 Å². The Bertz CT molecular complexity index is 624. The summed E-state index contributed by atoms with van der Waals surface area (Å²) in [5.41, 5.74) is -4.77. The second-order valence-corrected chi connectivity index (χ2v) is 5.35. The van der Waals surface area contributed by atoms with Gasteiger partial charge in [-0.2, -0.15) is 21.6 Å². The maximum absolute atomic E-state index is 12.1. The summed E-state index contributed by atoms with van der Waals surface area (Å²) in [4.78, 5) is 11.5. The Hall–Kier alpha value is -1.77. The van der Waals surface area contributed by atoms with Gasteiger partial charge in [0.15, 0.2) is 0 Å². The van der Waals surface area contributed by atoms with Gasteiger partial charge in [-0.1, -0.05) is 6.07 Å². The molecule has 0 atom stereocenters. The highest BCUT2D eigenvalue weighted by molar-refractivity contribution is 7.88. The number of halogens is 3. The first kappa shape index (κ1) is 13.7. The molecule has 1 aromatic carbocycles. The number of hydrogen-bond acceptors (Lipinski definition) is 4. The van der Waals surface area contributed by atoms with Crippen LogP contribution in [0.25, 0.3) is 0 Å². The van der Waals surface area contributed by atoms with Crippen molar-refractivity contribution in [2.24, 2.45) is 0 Å². The Kier molecular flexibility index (Phi) is 3.17. The summed E-state index contributed by atoms with van der Waals surface area (Å²) in [7, 11) is -5.73. The number of rotatable bonds is 2. The molecule has 9 heteroatoms. The van der Waals surface area contributed by atoms with Crippen LogP contribution in [0.2, 0.25) is 0 Å². The van der Waals surface area contributed by atoms with Crippen LogP contribution in [0.3, 0.4) is 0 Å². The third-order valence-corrected chi connectivity index (χ3v) is 3.47. The van der Waals surface area contributed by atoms with Crippen molar-refractivity contribution in [1.29, 1.82) is 0 Å². The lowest BCUT2D eigenvalue weighted by atomic mass is 10.0. The number of carbonyl (C=O) groups excluding carboxylic acids is 1. The number of carbonyl (C=O) groups is 1. The van der Waals surface area contributed by atoms with E-state index in [1.807, 2.05) is 0 Å². The van der Waals surface area contributed by atoms with Gasteiger partial charge in [0, 0.05) is 12.1 Å². The molecule has 104 valence electrons. The third-order valence-electron chi connectivity index (χ3n) is 2.50. The standard InChI is InChI=1S/C10H8F3NO4S/c11-10(12,13)19(16,17)18-7-2-1-6-3-4-14-9(15)8(6)5-7/h1-2,5H,3-4H2,(H,14,15). The highest BCUT2D eigenvalue weighted by atomic mass is 32.2. The molecule has 0 aliphatic carbocycles. The largest absolute Gasteiger partial charge is 0.534 e. The molecule has 0 unspecified atom stereocenters. The van der Waals surface area contributed by atoms with Gasteiger partial charge in [-0.15, -0.1) is 0 Å². The van der Waals surface area contributed by atoms with Crippen LogP contribution in [0, 0.1) is 0 Å². The topological polar surface area (TPSA) is 72.5 Å². The summed E-state index contributed by atoms with van der Waals surface area (Å²) in [6.07, 6.45) is 0.521. The lowest BCUT2D eigenvalue weighted by Gasteiger charge is -2.17. The SMILES string of the molecule is O=C1NCCc2ccc(OS(=O)(=O)C(F)(F)F)cc21. The minimum absolute atomic E-state index is 0.112. The second kappa shape index (κ2) is 4.41. The summed E-state index contributed by atoms with van der Waals surface area (Å²) < 4.78 is 62.0. The fraction of sp³-hybridized carbons (Fsp3) is 0.300. The van der Waals surface area contributed by atoms with Crippen LogP contribution in [-0.2, 0) is 16.5 Å². The molecule has 19 heavy (non-hydrogen) atoms. The maximum Gasteiger partial charge on any atom is 0.534 e. The van der Waals surface area contributed by atoms with Gasteiger partial charge in [-0.25, -0.2) is 0 Å². The molecule has 1 aliphatic rings. The van der Waals surface area contributed by atoms with Gasteiger partial charge in [0.1, 0.15) is 5.75 Å². The molecule has 2 rings (SSSR count). The van der Waals surface area contributed by atoms with Crippen LogP contribution < -0.4 is 9.50 Å². The van der Waals surface area contributed by atoms with E-state index in [1.54, 1.807) is 0 Å². The minimum Gasteiger partial charge on any atom is -0.376 e. The molecule has 1 heterocycles. The average molecular weight is 295 g/mol. The average Bonchev–Trinajstić information content (AvgIpc) is 2.28. The molecular weight excluding hydrogens is 287 g/mol. The zero-order valence-electron chi connectivity index (χ0n) is 9.32. The highest BCUT2D eigenvalue weighted by Gasteiger charge is 2.48. The molecule has 0 radical (unpaired) electrons. The van der Waals surface area contributed by atoms with Gasteiger partial charge in [-0.3, -0.25) is 4.79 Å². The predicted molar refractivity (Wildman–Crippen MR) is 58.1 cm³/mol. The first-order valence-corrected chi connectivity index (χ1v) is 6.53. The van der Waals surface area contributed by atoms with Crippen LogP contribution in [-0.4, -0.2) is 26.4 Å². The first-order valence-electron chi connectivity index (χ1n) is 5.12. The number of alkyl halides is 3. The Balaban J connectivity index is 2.34. The Morgan fingerprint density at radius 1 is 1.26 bits per heavy atom. The zero-order chi connectivity index (χ0) is 14.3. The van der Waals surface area contributed by atoms with Crippen molar-refractivity contribution in [2.75, 3.05) is 6.54 Å². The molecule has 1 amide bonds. The molecule has 0 saturated heterocycles. The molecule has 1 aromatic rings. The van der Waals surface area contributed by atoms with E-state index < -0.39 is 27.3 Å². The van der Waals surface area contributed by atoms with Crippen molar-refractivity contribution in [3.8, 4) is 5.75 Å². The van der Waals surface area contributed by atoms with E-state index in [0.717, 1.165) is 12.1 Å². The minimum atomic E-state index is -5.73. The lowest BCUT2D eigenvalue weighted by Crippen LogP contribution is -2.32. The molecule has 5 nitrogen and oxygen atoms in total. The lowest BCUT2D eigenvalue weighted by molar-refractivity contribution is -0.0500. The quantitative estimate of drug-likeness (QED) is 0.657. The van der Waals surface area contributed by atoms with Crippen molar-refractivity contribution in [1.82, 2.24) is 5.32 Å². The van der Waals surface area contributed by atoms with E-state index in [-0.39, 0.29) is 5.56 Å². The summed E-state index contributed by atoms with van der Waals surface area (Å²) in [6, 6.07) is 3.43. The fourth-order valence-corrected chi connectivity index (χ4v) is 2.07. The Labute approximate surface area is 106 Å². The van der Waals surface area contributed by atoms with E-state index in [0.29, 0.717) is 18.5 Å². The van der Waals surface area contributed by atoms with E-state index in [2.05, 4.69) is 9.50 Å². The second-order valence-electron chi connectivity index (χ2n) is 3.81. The molecule has 1 N–H and O–H groups in total. The molecule has 0 aromatic heterocycles. The Morgan fingerprint density at radius 2 is 1.95 bits per heavy atom. The number of fused-ring (bicyclic) bond motifs is 1. The fourth-order valence-electron chi connectivity index (χ4n) is 1.62. The van der Waals surface area contributed by atoms with E-state index in [1.165, 1.54) is 6.07 Å². The smallest absolute Gasteiger partial charge is 0.376 e.